The molecule has 1 saturated heterocycles. The minimum Gasteiger partial charge on any atom is -0.495 e. The zero-order valence-corrected chi connectivity index (χ0v) is 23.9. The van der Waals surface area contributed by atoms with Gasteiger partial charge < -0.3 is 24.4 Å². The fraction of sp³-hybridized carbons (Fsp3) is 0.433. The predicted molar refractivity (Wildman–Crippen MR) is 152 cm³/mol. The van der Waals surface area contributed by atoms with Gasteiger partial charge in [-0.2, -0.15) is 5.26 Å². The molecule has 1 aromatic heterocycles. The van der Waals surface area contributed by atoms with Crippen molar-refractivity contribution in [3.8, 4) is 11.8 Å². The standard InChI is InChI=1S/C30H35ClN4O4/c1-6-21-11-20(14-32)12-24-27(21)34-16-22(28(24)33-15-19-7-8-26(37-5)25(31)13-19)18-38-23-9-10-35(17-23)29(36)39-30(2,3)4/h7-8,11-13,16,23H,6,9-10,15,17-18H2,1-5H3,(H,33,34)/t23-/m1/s1. The fourth-order valence-electron chi connectivity index (χ4n) is 4.64. The van der Waals surface area contributed by atoms with Gasteiger partial charge in [0.05, 0.1) is 54.2 Å². The number of ether oxygens (including phenoxy) is 3. The lowest BCUT2D eigenvalue weighted by Gasteiger charge is -2.24. The number of halogens is 1. The van der Waals surface area contributed by atoms with Gasteiger partial charge in [0.15, 0.2) is 0 Å². The van der Waals surface area contributed by atoms with Crippen LogP contribution < -0.4 is 10.1 Å². The number of pyridine rings is 1. The minimum absolute atomic E-state index is 0.113. The Morgan fingerprint density at radius 2 is 2.05 bits per heavy atom. The molecule has 1 atom stereocenters. The summed E-state index contributed by atoms with van der Waals surface area (Å²) < 4.78 is 17.1. The van der Waals surface area contributed by atoms with Crippen molar-refractivity contribution in [1.29, 1.82) is 5.26 Å². The predicted octanol–water partition coefficient (Wildman–Crippen LogP) is 6.47. The number of anilines is 1. The summed E-state index contributed by atoms with van der Waals surface area (Å²) in [6.45, 7) is 9.50. The van der Waals surface area contributed by atoms with Crippen LogP contribution in [0.2, 0.25) is 5.02 Å². The van der Waals surface area contributed by atoms with Crippen LogP contribution in [0.1, 0.15) is 56.4 Å². The van der Waals surface area contributed by atoms with E-state index in [2.05, 4.69) is 18.3 Å². The van der Waals surface area contributed by atoms with E-state index in [1.165, 1.54) is 0 Å². The molecule has 0 unspecified atom stereocenters. The Morgan fingerprint density at radius 3 is 2.72 bits per heavy atom. The molecule has 4 rings (SSSR count). The second-order valence-corrected chi connectivity index (χ2v) is 11.0. The van der Waals surface area contributed by atoms with Gasteiger partial charge in [-0.3, -0.25) is 4.98 Å². The lowest BCUT2D eigenvalue weighted by molar-refractivity contribution is 0.0184. The molecule has 1 N–H and O–H groups in total. The highest BCUT2D eigenvalue weighted by molar-refractivity contribution is 6.32. The molecule has 0 saturated carbocycles. The molecule has 0 spiro atoms. The average molecular weight is 551 g/mol. The van der Waals surface area contributed by atoms with Crippen molar-refractivity contribution in [3.63, 3.8) is 0 Å². The van der Waals surface area contributed by atoms with Crippen molar-refractivity contribution >= 4 is 34.3 Å². The van der Waals surface area contributed by atoms with Crippen LogP contribution in [0.5, 0.6) is 5.75 Å². The van der Waals surface area contributed by atoms with Crippen molar-refractivity contribution < 1.29 is 19.0 Å². The molecule has 2 heterocycles. The Hall–Kier alpha value is -3.54. The number of nitrogens with one attached hydrogen (secondary N) is 1. The summed E-state index contributed by atoms with van der Waals surface area (Å²) >= 11 is 6.35. The minimum atomic E-state index is -0.541. The molecule has 2 aromatic carbocycles. The lowest BCUT2D eigenvalue weighted by Crippen LogP contribution is -2.36. The molecule has 0 aliphatic carbocycles. The fourth-order valence-corrected chi connectivity index (χ4v) is 4.92. The van der Waals surface area contributed by atoms with E-state index in [-0.39, 0.29) is 12.2 Å². The van der Waals surface area contributed by atoms with Gasteiger partial charge >= 0.3 is 6.09 Å². The maximum Gasteiger partial charge on any atom is 0.410 e. The first-order chi connectivity index (χ1) is 18.6. The smallest absolute Gasteiger partial charge is 0.410 e. The van der Waals surface area contributed by atoms with E-state index in [4.69, 9.17) is 30.8 Å². The van der Waals surface area contributed by atoms with Gasteiger partial charge in [-0.15, -0.1) is 0 Å². The van der Waals surface area contributed by atoms with Gasteiger partial charge in [-0.25, -0.2) is 4.79 Å². The number of aryl methyl sites for hydroxylation is 1. The second-order valence-electron chi connectivity index (χ2n) is 10.6. The summed E-state index contributed by atoms with van der Waals surface area (Å²) in [6.07, 6.45) is 2.88. The summed E-state index contributed by atoms with van der Waals surface area (Å²) in [5.74, 6) is 0.618. The lowest BCUT2D eigenvalue weighted by atomic mass is 10.0. The Kier molecular flexibility index (Phi) is 8.83. The summed E-state index contributed by atoms with van der Waals surface area (Å²) in [5, 5.41) is 14.6. The van der Waals surface area contributed by atoms with Crippen LogP contribution in [0, 0.1) is 11.3 Å². The number of fused-ring (bicyclic) bond motifs is 1. The van der Waals surface area contributed by atoms with E-state index in [0.717, 1.165) is 46.1 Å². The van der Waals surface area contributed by atoms with Gasteiger partial charge in [-0.05, 0) is 69.0 Å². The monoisotopic (exact) mass is 550 g/mol. The third kappa shape index (κ3) is 6.92. The number of nitrogens with zero attached hydrogens (tertiary/aromatic N) is 3. The second kappa shape index (κ2) is 12.1. The summed E-state index contributed by atoms with van der Waals surface area (Å²) in [7, 11) is 1.59. The molecule has 9 heteroatoms. The van der Waals surface area contributed by atoms with E-state index < -0.39 is 5.60 Å². The van der Waals surface area contributed by atoms with E-state index in [9.17, 15) is 10.1 Å². The SMILES string of the molecule is CCc1cc(C#N)cc2c(NCc3ccc(OC)c(Cl)c3)c(CO[C@@H]3CCN(C(=O)OC(C)(C)C)C3)cnc12. The van der Waals surface area contributed by atoms with E-state index in [0.29, 0.717) is 42.6 Å². The molecule has 3 aromatic rings. The number of hydrogen-bond donors (Lipinski definition) is 1. The Bertz CT molecular complexity index is 1400. The summed E-state index contributed by atoms with van der Waals surface area (Å²) in [6, 6.07) is 11.7. The first-order valence-electron chi connectivity index (χ1n) is 13.1. The molecular formula is C30H35ClN4O4. The molecule has 1 fully saturated rings. The van der Waals surface area contributed by atoms with Gasteiger partial charge in [0.25, 0.3) is 0 Å². The molecule has 0 bridgehead atoms. The van der Waals surface area contributed by atoms with Crippen molar-refractivity contribution in [2.24, 2.45) is 0 Å². The number of amides is 1. The van der Waals surface area contributed by atoms with Crippen LogP contribution in [0.3, 0.4) is 0 Å². The number of methoxy groups -OCH3 is 1. The first kappa shape index (κ1) is 28.5. The molecular weight excluding hydrogens is 516 g/mol. The van der Waals surface area contributed by atoms with Crippen molar-refractivity contribution in [1.82, 2.24) is 9.88 Å². The quantitative estimate of drug-likeness (QED) is 0.343. The number of hydrogen-bond acceptors (Lipinski definition) is 7. The van der Waals surface area contributed by atoms with Gasteiger partial charge in [0.2, 0.25) is 0 Å². The van der Waals surface area contributed by atoms with Crippen LogP contribution in [-0.2, 0) is 29.0 Å². The zero-order valence-electron chi connectivity index (χ0n) is 23.1. The number of carbonyl (C=O) groups is 1. The van der Waals surface area contributed by atoms with Crippen LogP contribution >= 0.6 is 11.6 Å². The maximum atomic E-state index is 12.5. The van der Waals surface area contributed by atoms with Crippen molar-refractivity contribution in [3.05, 3.63) is 63.8 Å². The van der Waals surface area contributed by atoms with Crippen LogP contribution in [0.25, 0.3) is 10.9 Å². The first-order valence-corrected chi connectivity index (χ1v) is 13.5. The Labute approximate surface area is 234 Å². The molecule has 1 amide bonds. The van der Waals surface area contributed by atoms with Gasteiger partial charge in [0, 0.05) is 30.2 Å². The van der Waals surface area contributed by atoms with E-state index >= 15 is 0 Å². The molecule has 39 heavy (non-hydrogen) atoms. The highest BCUT2D eigenvalue weighted by Crippen LogP contribution is 2.32. The highest BCUT2D eigenvalue weighted by Gasteiger charge is 2.30. The summed E-state index contributed by atoms with van der Waals surface area (Å²) in [4.78, 5) is 18.9. The van der Waals surface area contributed by atoms with Gasteiger partial charge in [-0.1, -0.05) is 24.6 Å². The van der Waals surface area contributed by atoms with Crippen LogP contribution in [0.15, 0.2) is 36.5 Å². The molecule has 206 valence electrons. The topological polar surface area (TPSA) is 96.7 Å². The number of aromatic nitrogens is 1. The molecule has 8 nitrogen and oxygen atoms in total. The van der Waals surface area contributed by atoms with Gasteiger partial charge in [0.1, 0.15) is 11.4 Å². The molecule has 0 radical (unpaired) electrons. The van der Waals surface area contributed by atoms with Crippen LogP contribution in [-0.4, -0.2) is 47.9 Å². The highest BCUT2D eigenvalue weighted by atomic mass is 35.5. The zero-order chi connectivity index (χ0) is 28.2. The van der Waals surface area contributed by atoms with E-state index in [1.54, 1.807) is 12.0 Å². The number of nitriles is 1. The maximum absolute atomic E-state index is 12.5. The number of carbonyl (C=O) groups excluding carboxylic acids is 1. The normalized spacial score (nSPS) is 15.3. The van der Waals surface area contributed by atoms with E-state index in [1.807, 2.05) is 57.3 Å². The Balaban J connectivity index is 1.58. The molecule has 1 aliphatic heterocycles. The average Bonchev–Trinajstić information content (AvgIpc) is 3.38. The van der Waals surface area contributed by atoms with Crippen LogP contribution in [0.4, 0.5) is 10.5 Å². The van der Waals surface area contributed by atoms with Crippen molar-refractivity contribution in [2.45, 2.75) is 65.4 Å². The third-order valence-electron chi connectivity index (χ3n) is 6.60. The molecule has 1 aliphatic rings. The number of rotatable bonds is 8. The van der Waals surface area contributed by atoms with Crippen molar-refractivity contribution in [2.75, 3.05) is 25.5 Å². The third-order valence-corrected chi connectivity index (χ3v) is 6.89. The number of benzene rings is 2. The number of likely N-dealkylation sites (tertiary alicyclic amines) is 1. The summed E-state index contributed by atoms with van der Waals surface area (Å²) in [5.41, 5.74) is 4.62. The largest absolute Gasteiger partial charge is 0.495 e. The Morgan fingerprint density at radius 1 is 1.26 bits per heavy atom.